The monoisotopic (exact) mass is 379 g/mol. The average Bonchev–Trinajstić information content (AvgIpc) is 3.10. The zero-order valence-electron chi connectivity index (χ0n) is 15.2. The van der Waals surface area contributed by atoms with Crippen LogP contribution < -0.4 is 5.32 Å². The first kappa shape index (κ1) is 17.7. The predicted octanol–water partition coefficient (Wildman–Crippen LogP) is 3.82. The SMILES string of the molecule is CCCN1C=NC2C(=NC(c3ccccc3)c3ccccc3)NC(Cl)=NC21. The quantitative estimate of drug-likeness (QED) is 0.803. The number of amidine groups is 2. The van der Waals surface area contributed by atoms with Gasteiger partial charge in [-0.2, -0.15) is 0 Å². The molecule has 1 N–H and O–H groups in total. The Morgan fingerprint density at radius 2 is 1.70 bits per heavy atom. The van der Waals surface area contributed by atoms with E-state index in [1.807, 2.05) is 42.7 Å². The van der Waals surface area contributed by atoms with Crippen LogP contribution in [-0.2, 0) is 0 Å². The van der Waals surface area contributed by atoms with Crippen LogP contribution in [0.2, 0.25) is 0 Å². The molecule has 0 saturated heterocycles. The first-order valence-corrected chi connectivity index (χ1v) is 9.61. The van der Waals surface area contributed by atoms with Crippen molar-refractivity contribution in [3.8, 4) is 0 Å². The standard InChI is InChI=1S/C21H22ClN5/c1-2-13-27-14-23-18-19(25-21(22)26-20(18)27)24-17(15-9-5-3-6-10-15)16-11-7-4-8-12-16/h3-12,14,17-18,20H,2,13H2,1H3,(H,24,25,26). The van der Waals surface area contributed by atoms with Gasteiger partial charge >= 0.3 is 0 Å². The van der Waals surface area contributed by atoms with Gasteiger partial charge in [0, 0.05) is 6.54 Å². The fraction of sp³-hybridized carbons (Fsp3) is 0.286. The Morgan fingerprint density at radius 3 is 2.30 bits per heavy atom. The molecule has 0 aliphatic carbocycles. The largest absolute Gasteiger partial charge is 0.339 e. The fourth-order valence-corrected chi connectivity index (χ4v) is 3.67. The Bertz CT molecular complexity index is 823. The molecule has 2 aliphatic heterocycles. The van der Waals surface area contributed by atoms with E-state index >= 15 is 0 Å². The van der Waals surface area contributed by atoms with Gasteiger partial charge in [0.05, 0.1) is 6.34 Å². The molecule has 0 spiro atoms. The summed E-state index contributed by atoms with van der Waals surface area (Å²) < 4.78 is 0. The van der Waals surface area contributed by atoms with E-state index in [9.17, 15) is 0 Å². The van der Waals surface area contributed by atoms with Crippen LogP contribution in [0, 0.1) is 0 Å². The highest BCUT2D eigenvalue weighted by atomic mass is 35.5. The molecule has 0 fully saturated rings. The van der Waals surface area contributed by atoms with Crippen molar-refractivity contribution in [2.75, 3.05) is 6.54 Å². The number of hydrogen-bond acceptors (Lipinski definition) is 4. The molecule has 0 amide bonds. The van der Waals surface area contributed by atoms with Crippen molar-refractivity contribution in [3.63, 3.8) is 0 Å². The Morgan fingerprint density at radius 1 is 1.07 bits per heavy atom. The second kappa shape index (κ2) is 7.92. The van der Waals surface area contributed by atoms with Gasteiger partial charge in [0.2, 0.25) is 0 Å². The maximum atomic E-state index is 6.29. The van der Waals surface area contributed by atoms with E-state index in [0.717, 1.165) is 29.9 Å². The molecule has 5 nitrogen and oxygen atoms in total. The van der Waals surface area contributed by atoms with Gasteiger partial charge in [-0.15, -0.1) is 0 Å². The molecule has 2 atom stereocenters. The summed E-state index contributed by atoms with van der Waals surface area (Å²) in [5, 5.41) is 3.51. The van der Waals surface area contributed by atoms with Crippen molar-refractivity contribution < 1.29 is 0 Å². The van der Waals surface area contributed by atoms with E-state index in [1.165, 1.54) is 0 Å². The smallest absolute Gasteiger partial charge is 0.198 e. The van der Waals surface area contributed by atoms with Crippen molar-refractivity contribution in [1.82, 2.24) is 10.2 Å². The van der Waals surface area contributed by atoms with E-state index < -0.39 is 0 Å². The minimum absolute atomic E-state index is 0.121. The zero-order chi connectivity index (χ0) is 18.6. The molecule has 4 rings (SSSR count). The van der Waals surface area contributed by atoms with Gasteiger partial charge < -0.3 is 10.2 Å². The first-order valence-electron chi connectivity index (χ1n) is 9.23. The molecule has 2 aromatic rings. The summed E-state index contributed by atoms with van der Waals surface area (Å²) in [6.07, 6.45) is 2.78. The van der Waals surface area contributed by atoms with Crippen LogP contribution in [0.4, 0.5) is 0 Å². The maximum absolute atomic E-state index is 6.29. The van der Waals surface area contributed by atoms with Gasteiger partial charge in [-0.1, -0.05) is 67.6 Å². The predicted molar refractivity (Wildman–Crippen MR) is 112 cm³/mol. The van der Waals surface area contributed by atoms with Gasteiger partial charge in [-0.05, 0) is 29.1 Å². The summed E-state index contributed by atoms with van der Waals surface area (Å²) in [7, 11) is 0. The number of halogens is 1. The van der Waals surface area contributed by atoms with Crippen molar-refractivity contribution in [2.24, 2.45) is 15.0 Å². The highest BCUT2D eigenvalue weighted by Crippen LogP contribution is 2.28. The molecule has 138 valence electrons. The van der Waals surface area contributed by atoms with Gasteiger partial charge in [-0.25, -0.2) is 4.99 Å². The lowest BCUT2D eigenvalue weighted by Crippen LogP contribution is -2.50. The molecular weight excluding hydrogens is 358 g/mol. The number of aliphatic imine (C=N–C) groups is 3. The van der Waals surface area contributed by atoms with Crippen molar-refractivity contribution in [3.05, 3.63) is 71.8 Å². The molecule has 27 heavy (non-hydrogen) atoms. The Kier molecular flexibility index (Phi) is 5.21. The van der Waals surface area contributed by atoms with Crippen LogP contribution >= 0.6 is 11.6 Å². The van der Waals surface area contributed by atoms with E-state index in [-0.39, 0.29) is 18.2 Å². The van der Waals surface area contributed by atoms with Gasteiger partial charge in [0.1, 0.15) is 17.9 Å². The van der Waals surface area contributed by atoms with Crippen molar-refractivity contribution in [1.29, 1.82) is 0 Å². The van der Waals surface area contributed by atoms with Crippen LogP contribution in [0.1, 0.15) is 30.5 Å². The van der Waals surface area contributed by atoms with Gasteiger partial charge in [0.15, 0.2) is 11.5 Å². The van der Waals surface area contributed by atoms with E-state index in [2.05, 4.69) is 51.4 Å². The van der Waals surface area contributed by atoms with Crippen molar-refractivity contribution in [2.45, 2.75) is 31.6 Å². The number of rotatable bonds is 5. The van der Waals surface area contributed by atoms with Crippen LogP contribution in [0.25, 0.3) is 0 Å². The normalized spacial score (nSPS) is 22.7. The Hall–Kier alpha value is -2.66. The minimum Gasteiger partial charge on any atom is -0.339 e. The summed E-state index contributed by atoms with van der Waals surface area (Å²) in [4.78, 5) is 16.4. The van der Waals surface area contributed by atoms with Crippen molar-refractivity contribution >= 4 is 29.1 Å². The van der Waals surface area contributed by atoms with Crippen LogP contribution in [0.5, 0.6) is 0 Å². The molecule has 0 aromatic heterocycles. The van der Waals surface area contributed by atoms with Crippen LogP contribution in [-0.4, -0.2) is 41.1 Å². The summed E-state index contributed by atoms with van der Waals surface area (Å²) >= 11 is 6.29. The van der Waals surface area contributed by atoms with Crippen LogP contribution in [0.3, 0.4) is 0 Å². The topological polar surface area (TPSA) is 52.4 Å². The minimum atomic E-state index is -0.158. The molecule has 2 aromatic carbocycles. The Labute approximate surface area is 164 Å². The second-order valence-corrected chi connectivity index (χ2v) is 7.00. The van der Waals surface area contributed by atoms with E-state index in [1.54, 1.807) is 0 Å². The third kappa shape index (κ3) is 3.74. The lowest BCUT2D eigenvalue weighted by Gasteiger charge is -2.30. The Balaban J connectivity index is 1.73. The molecule has 2 heterocycles. The number of hydrogen-bond donors (Lipinski definition) is 1. The molecule has 0 bridgehead atoms. The number of fused-ring (bicyclic) bond motifs is 1. The van der Waals surface area contributed by atoms with E-state index in [0.29, 0.717) is 5.29 Å². The molecule has 0 radical (unpaired) electrons. The third-order valence-corrected chi connectivity index (χ3v) is 4.93. The summed E-state index contributed by atoms with van der Waals surface area (Å²) in [6.45, 7) is 3.04. The molecule has 6 heteroatoms. The summed E-state index contributed by atoms with van der Waals surface area (Å²) in [5.41, 5.74) is 2.25. The maximum Gasteiger partial charge on any atom is 0.198 e. The average molecular weight is 380 g/mol. The lowest BCUT2D eigenvalue weighted by atomic mass is 9.99. The lowest BCUT2D eigenvalue weighted by molar-refractivity contribution is 0.338. The molecule has 0 saturated carbocycles. The molecule has 2 aliphatic rings. The van der Waals surface area contributed by atoms with Gasteiger partial charge in [0.25, 0.3) is 0 Å². The summed E-state index contributed by atoms with van der Waals surface area (Å²) in [6, 6.07) is 20.3. The first-order chi connectivity index (χ1) is 13.3. The van der Waals surface area contributed by atoms with E-state index in [4.69, 9.17) is 16.6 Å². The number of benzene rings is 2. The van der Waals surface area contributed by atoms with Gasteiger partial charge in [-0.3, -0.25) is 9.98 Å². The van der Waals surface area contributed by atoms with Crippen LogP contribution in [0.15, 0.2) is 75.6 Å². The second-order valence-electron chi connectivity index (χ2n) is 6.64. The zero-order valence-corrected chi connectivity index (χ0v) is 15.9. The third-order valence-electron chi connectivity index (χ3n) is 4.74. The number of nitrogens with one attached hydrogen (secondary N) is 1. The molecular formula is C21H22ClN5. The fourth-order valence-electron chi connectivity index (χ4n) is 3.48. The summed E-state index contributed by atoms with van der Waals surface area (Å²) in [5.74, 6) is 0.757. The highest BCUT2D eigenvalue weighted by Gasteiger charge is 2.38. The number of nitrogens with zero attached hydrogens (tertiary/aromatic N) is 4. The molecule has 2 unspecified atom stereocenters. The highest BCUT2D eigenvalue weighted by molar-refractivity contribution is 6.66.